The second-order valence-corrected chi connectivity index (χ2v) is 5.23. The molecule has 2 rings (SSSR count). The number of aromatic nitrogens is 1. The predicted octanol–water partition coefficient (Wildman–Crippen LogP) is 4.55. The normalized spacial score (nSPS) is 10.7. The number of ether oxygens (including phenoxy) is 2. The summed E-state index contributed by atoms with van der Waals surface area (Å²) in [5, 5.41) is 0.970. The lowest BCUT2D eigenvalue weighted by molar-refractivity contribution is 0.232. The van der Waals surface area contributed by atoms with Gasteiger partial charge in [0.15, 0.2) is 0 Å². The SMILES string of the molecule is CC(C)Oc1nc(Oc2cc(Cl)ccc2Cl)ccc1N. The zero-order valence-electron chi connectivity index (χ0n) is 11.1. The number of benzene rings is 1. The van der Waals surface area contributed by atoms with Gasteiger partial charge in [-0.25, -0.2) is 0 Å². The zero-order valence-corrected chi connectivity index (χ0v) is 12.6. The molecular weight excluding hydrogens is 299 g/mol. The highest BCUT2D eigenvalue weighted by Gasteiger charge is 2.10. The van der Waals surface area contributed by atoms with E-state index in [9.17, 15) is 0 Å². The number of hydrogen-bond acceptors (Lipinski definition) is 4. The topological polar surface area (TPSA) is 57.4 Å². The standard InChI is InChI=1S/C14H14Cl2N2O2/c1-8(2)19-14-11(17)5-6-13(18-14)20-12-7-9(15)3-4-10(12)16/h3-8H,17H2,1-2H3. The molecule has 0 saturated heterocycles. The summed E-state index contributed by atoms with van der Waals surface area (Å²) in [5.74, 6) is 1.08. The highest BCUT2D eigenvalue weighted by atomic mass is 35.5. The van der Waals surface area contributed by atoms with Gasteiger partial charge in [-0.2, -0.15) is 4.98 Å². The van der Waals surface area contributed by atoms with Gasteiger partial charge < -0.3 is 15.2 Å². The van der Waals surface area contributed by atoms with Crippen molar-refractivity contribution in [3.63, 3.8) is 0 Å². The highest BCUT2D eigenvalue weighted by Crippen LogP contribution is 2.32. The van der Waals surface area contributed by atoms with Crippen LogP contribution in [0.15, 0.2) is 30.3 Å². The maximum atomic E-state index is 6.03. The monoisotopic (exact) mass is 312 g/mol. The van der Waals surface area contributed by atoms with E-state index in [-0.39, 0.29) is 6.10 Å². The fraction of sp³-hybridized carbons (Fsp3) is 0.214. The van der Waals surface area contributed by atoms with E-state index in [4.69, 9.17) is 38.4 Å². The van der Waals surface area contributed by atoms with Crippen LogP contribution < -0.4 is 15.2 Å². The van der Waals surface area contributed by atoms with Crippen molar-refractivity contribution < 1.29 is 9.47 Å². The van der Waals surface area contributed by atoms with Gasteiger partial charge in [0.25, 0.3) is 0 Å². The Hall–Kier alpha value is -1.65. The Morgan fingerprint density at radius 1 is 1.15 bits per heavy atom. The maximum absolute atomic E-state index is 6.03. The van der Waals surface area contributed by atoms with Gasteiger partial charge in [-0.05, 0) is 32.0 Å². The van der Waals surface area contributed by atoms with E-state index < -0.39 is 0 Å². The molecule has 1 heterocycles. The summed E-state index contributed by atoms with van der Waals surface area (Å²) in [6.07, 6.45) is -0.0326. The third-order valence-corrected chi connectivity index (χ3v) is 2.87. The van der Waals surface area contributed by atoms with Gasteiger partial charge in [-0.15, -0.1) is 0 Å². The van der Waals surface area contributed by atoms with E-state index >= 15 is 0 Å². The van der Waals surface area contributed by atoms with E-state index in [2.05, 4.69) is 4.98 Å². The van der Waals surface area contributed by atoms with Gasteiger partial charge in [0, 0.05) is 17.2 Å². The van der Waals surface area contributed by atoms with E-state index in [1.165, 1.54) is 0 Å². The number of anilines is 1. The first kappa shape index (κ1) is 14.8. The summed E-state index contributed by atoms with van der Waals surface area (Å²) in [6.45, 7) is 3.78. The summed E-state index contributed by atoms with van der Waals surface area (Å²) in [5.41, 5.74) is 6.24. The number of rotatable bonds is 4. The van der Waals surface area contributed by atoms with Gasteiger partial charge in [0.1, 0.15) is 5.75 Å². The van der Waals surface area contributed by atoms with Gasteiger partial charge in [0.2, 0.25) is 11.8 Å². The van der Waals surface area contributed by atoms with Crippen molar-refractivity contribution in [1.29, 1.82) is 0 Å². The number of halogens is 2. The Kier molecular flexibility index (Phi) is 4.57. The van der Waals surface area contributed by atoms with Crippen LogP contribution in [0.25, 0.3) is 0 Å². The molecule has 2 aromatic rings. The minimum absolute atomic E-state index is 0.0326. The van der Waals surface area contributed by atoms with Crippen LogP contribution in [0.2, 0.25) is 10.0 Å². The van der Waals surface area contributed by atoms with Crippen LogP contribution in [0.5, 0.6) is 17.5 Å². The average molecular weight is 313 g/mol. The fourth-order valence-corrected chi connectivity index (χ4v) is 1.80. The molecule has 1 aromatic carbocycles. The summed E-state index contributed by atoms with van der Waals surface area (Å²) in [6, 6.07) is 8.26. The molecule has 0 aliphatic heterocycles. The Balaban J connectivity index is 2.27. The molecule has 0 aliphatic rings. The first-order chi connectivity index (χ1) is 9.45. The first-order valence-electron chi connectivity index (χ1n) is 6.02. The molecular formula is C14H14Cl2N2O2. The smallest absolute Gasteiger partial charge is 0.240 e. The quantitative estimate of drug-likeness (QED) is 0.899. The summed E-state index contributed by atoms with van der Waals surface area (Å²) in [7, 11) is 0. The summed E-state index contributed by atoms with van der Waals surface area (Å²) >= 11 is 11.9. The van der Waals surface area contributed by atoms with Gasteiger partial charge >= 0.3 is 0 Å². The third-order valence-electron chi connectivity index (χ3n) is 2.32. The second-order valence-electron chi connectivity index (χ2n) is 4.39. The Morgan fingerprint density at radius 2 is 1.90 bits per heavy atom. The van der Waals surface area contributed by atoms with E-state index in [0.29, 0.717) is 33.2 Å². The van der Waals surface area contributed by atoms with Crippen molar-refractivity contribution in [3.8, 4) is 17.5 Å². The van der Waals surface area contributed by atoms with Crippen molar-refractivity contribution >= 4 is 28.9 Å². The van der Waals surface area contributed by atoms with Crippen molar-refractivity contribution in [3.05, 3.63) is 40.4 Å². The summed E-state index contributed by atoms with van der Waals surface area (Å²) < 4.78 is 11.1. The maximum Gasteiger partial charge on any atom is 0.240 e. The van der Waals surface area contributed by atoms with E-state index in [0.717, 1.165) is 0 Å². The molecule has 0 saturated carbocycles. The van der Waals surface area contributed by atoms with Gasteiger partial charge in [-0.1, -0.05) is 23.2 Å². The van der Waals surface area contributed by atoms with Crippen LogP contribution in [0.4, 0.5) is 5.69 Å². The Morgan fingerprint density at radius 3 is 2.60 bits per heavy atom. The predicted molar refractivity (Wildman–Crippen MR) is 80.9 cm³/mol. The number of hydrogen-bond donors (Lipinski definition) is 1. The largest absolute Gasteiger partial charge is 0.473 e. The molecule has 106 valence electrons. The molecule has 0 atom stereocenters. The molecule has 2 N–H and O–H groups in total. The number of nitrogen functional groups attached to an aromatic ring is 1. The molecule has 4 nitrogen and oxygen atoms in total. The summed E-state index contributed by atoms with van der Waals surface area (Å²) in [4.78, 5) is 4.21. The number of pyridine rings is 1. The molecule has 0 amide bonds. The molecule has 0 aliphatic carbocycles. The third kappa shape index (κ3) is 3.68. The first-order valence-corrected chi connectivity index (χ1v) is 6.77. The van der Waals surface area contributed by atoms with Crippen LogP contribution in [0.3, 0.4) is 0 Å². The van der Waals surface area contributed by atoms with Gasteiger partial charge in [0.05, 0.1) is 16.8 Å². The number of nitrogens with two attached hydrogens (primary N) is 1. The molecule has 1 aromatic heterocycles. The molecule has 0 radical (unpaired) electrons. The Bertz CT molecular complexity index is 618. The van der Waals surface area contributed by atoms with E-state index in [1.54, 1.807) is 30.3 Å². The molecule has 20 heavy (non-hydrogen) atoms. The minimum atomic E-state index is -0.0326. The van der Waals surface area contributed by atoms with Crippen LogP contribution in [0.1, 0.15) is 13.8 Å². The van der Waals surface area contributed by atoms with Crippen LogP contribution in [-0.2, 0) is 0 Å². The van der Waals surface area contributed by atoms with Crippen molar-refractivity contribution in [1.82, 2.24) is 4.98 Å². The second kappa shape index (κ2) is 6.20. The minimum Gasteiger partial charge on any atom is -0.473 e. The van der Waals surface area contributed by atoms with E-state index in [1.807, 2.05) is 13.8 Å². The van der Waals surface area contributed by atoms with Crippen molar-refractivity contribution in [2.75, 3.05) is 5.73 Å². The lowest BCUT2D eigenvalue weighted by Gasteiger charge is -2.13. The lowest BCUT2D eigenvalue weighted by atomic mass is 10.3. The molecule has 6 heteroatoms. The van der Waals surface area contributed by atoms with Crippen LogP contribution in [0, 0.1) is 0 Å². The number of nitrogens with zero attached hydrogens (tertiary/aromatic N) is 1. The zero-order chi connectivity index (χ0) is 14.7. The molecule has 0 bridgehead atoms. The lowest BCUT2D eigenvalue weighted by Crippen LogP contribution is -2.09. The molecule has 0 fully saturated rings. The highest BCUT2D eigenvalue weighted by molar-refractivity contribution is 6.34. The van der Waals surface area contributed by atoms with Crippen molar-refractivity contribution in [2.45, 2.75) is 20.0 Å². The molecule has 0 spiro atoms. The van der Waals surface area contributed by atoms with Crippen molar-refractivity contribution in [2.24, 2.45) is 0 Å². The Labute approximate surface area is 127 Å². The van der Waals surface area contributed by atoms with Crippen LogP contribution >= 0.6 is 23.2 Å². The fourth-order valence-electron chi connectivity index (χ4n) is 1.48. The van der Waals surface area contributed by atoms with Crippen LogP contribution in [-0.4, -0.2) is 11.1 Å². The average Bonchev–Trinajstić information content (AvgIpc) is 2.37. The van der Waals surface area contributed by atoms with Gasteiger partial charge in [-0.3, -0.25) is 0 Å². The molecule has 0 unspecified atom stereocenters.